The lowest BCUT2D eigenvalue weighted by molar-refractivity contribution is 0.265. The summed E-state index contributed by atoms with van der Waals surface area (Å²) >= 11 is 0. The number of fused-ring (bicyclic) bond motifs is 1. The largest absolute Gasteiger partial charge is 0.496 e. The van der Waals surface area contributed by atoms with Crippen LogP contribution in [0.4, 0.5) is 5.95 Å². The third-order valence-electron chi connectivity index (χ3n) is 6.54. The molecule has 1 aromatic carbocycles. The third kappa shape index (κ3) is 3.81. The van der Waals surface area contributed by atoms with Crippen molar-refractivity contribution in [2.45, 2.75) is 32.4 Å². The van der Waals surface area contributed by atoms with Gasteiger partial charge in [-0.2, -0.15) is 4.98 Å². The molecule has 9 nitrogen and oxygen atoms in total. The summed E-state index contributed by atoms with van der Waals surface area (Å²) in [7, 11) is 3.54. The van der Waals surface area contributed by atoms with E-state index in [9.17, 15) is 9.90 Å². The molecule has 0 spiro atoms. The zero-order valence-corrected chi connectivity index (χ0v) is 19.6. The summed E-state index contributed by atoms with van der Waals surface area (Å²) in [5.74, 6) is 2.01. The SMILES string of the molecule is COc1ccc(Cn2c(=O)cc(-c3nccn3C)c3cnc(N4CCC[C@H]4CO)nc32)cc1C. The van der Waals surface area contributed by atoms with Crippen molar-refractivity contribution in [1.29, 1.82) is 0 Å². The number of pyridine rings is 1. The summed E-state index contributed by atoms with van der Waals surface area (Å²) in [4.78, 5) is 29.4. The summed E-state index contributed by atoms with van der Waals surface area (Å²) in [6.07, 6.45) is 7.18. The number of ether oxygens (including phenoxy) is 1. The fraction of sp³-hybridized carbons (Fsp3) is 0.360. The van der Waals surface area contributed by atoms with E-state index in [2.05, 4.69) is 9.97 Å². The van der Waals surface area contributed by atoms with E-state index in [0.29, 0.717) is 29.5 Å². The highest BCUT2D eigenvalue weighted by molar-refractivity contribution is 5.90. The summed E-state index contributed by atoms with van der Waals surface area (Å²) < 4.78 is 8.94. The molecule has 0 aliphatic carbocycles. The van der Waals surface area contributed by atoms with Gasteiger partial charge in [-0.1, -0.05) is 12.1 Å². The van der Waals surface area contributed by atoms with Crippen LogP contribution >= 0.6 is 0 Å². The van der Waals surface area contributed by atoms with Crippen molar-refractivity contribution < 1.29 is 9.84 Å². The predicted octanol–water partition coefficient (Wildman–Crippen LogP) is 2.52. The normalized spacial score (nSPS) is 15.9. The first kappa shape index (κ1) is 22.1. The second kappa shape index (κ2) is 8.90. The molecule has 1 aliphatic rings. The molecule has 1 fully saturated rings. The van der Waals surface area contributed by atoms with Crippen molar-refractivity contribution >= 4 is 17.0 Å². The Hall–Kier alpha value is -3.72. The first-order valence-electron chi connectivity index (χ1n) is 11.4. The number of benzene rings is 1. The minimum absolute atomic E-state index is 0.0143. The summed E-state index contributed by atoms with van der Waals surface area (Å²) in [5.41, 5.74) is 3.05. The van der Waals surface area contributed by atoms with E-state index in [1.807, 2.05) is 47.8 Å². The van der Waals surface area contributed by atoms with E-state index in [1.54, 1.807) is 30.1 Å². The van der Waals surface area contributed by atoms with Crippen LogP contribution in [0.25, 0.3) is 22.4 Å². The van der Waals surface area contributed by atoms with Gasteiger partial charge in [0.1, 0.15) is 17.2 Å². The van der Waals surface area contributed by atoms with E-state index in [4.69, 9.17) is 9.72 Å². The molecule has 9 heteroatoms. The third-order valence-corrected chi connectivity index (χ3v) is 6.54. The summed E-state index contributed by atoms with van der Waals surface area (Å²) in [6, 6.07) is 7.49. The molecule has 34 heavy (non-hydrogen) atoms. The smallest absolute Gasteiger partial charge is 0.253 e. The number of nitrogens with zero attached hydrogens (tertiary/aromatic N) is 6. The van der Waals surface area contributed by atoms with Crippen LogP contribution in [0.1, 0.15) is 24.0 Å². The van der Waals surface area contributed by atoms with Crippen molar-refractivity contribution in [1.82, 2.24) is 24.1 Å². The fourth-order valence-electron chi connectivity index (χ4n) is 4.75. The lowest BCUT2D eigenvalue weighted by Gasteiger charge is -2.23. The Kier molecular flexibility index (Phi) is 5.79. The maximum Gasteiger partial charge on any atom is 0.253 e. The Morgan fingerprint density at radius 2 is 2.09 bits per heavy atom. The minimum Gasteiger partial charge on any atom is -0.496 e. The molecule has 0 bridgehead atoms. The average molecular weight is 461 g/mol. The highest BCUT2D eigenvalue weighted by Gasteiger charge is 2.27. The van der Waals surface area contributed by atoms with Crippen LogP contribution in [0, 0.1) is 6.92 Å². The summed E-state index contributed by atoms with van der Waals surface area (Å²) in [5, 5.41) is 10.6. The number of methoxy groups -OCH3 is 1. The van der Waals surface area contributed by atoms with Gasteiger partial charge < -0.3 is 19.3 Å². The molecule has 4 heterocycles. The quantitative estimate of drug-likeness (QED) is 0.472. The standard InChI is InChI=1S/C25H28N6O3/c1-16-11-17(6-7-21(16)34-3)14-31-22(33)12-19(23-26-8-10-29(23)2)20-13-27-25(28-24(20)31)30-9-4-5-18(30)15-32/h6-8,10-13,18,32H,4-5,9,14-15H2,1-3H3/t18-/m0/s1. The number of rotatable bonds is 6. The van der Waals surface area contributed by atoms with Crippen LogP contribution in [0.2, 0.25) is 0 Å². The van der Waals surface area contributed by atoms with E-state index in [0.717, 1.165) is 41.6 Å². The first-order chi connectivity index (χ1) is 16.5. The van der Waals surface area contributed by atoms with Crippen molar-refractivity contribution in [2.24, 2.45) is 7.05 Å². The molecule has 5 rings (SSSR count). The highest BCUT2D eigenvalue weighted by Crippen LogP contribution is 2.29. The Balaban J connectivity index is 1.69. The van der Waals surface area contributed by atoms with E-state index >= 15 is 0 Å². The molecule has 4 aromatic rings. The Morgan fingerprint density at radius 3 is 2.79 bits per heavy atom. The maximum atomic E-state index is 13.4. The van der Waals surface area contributed by atoms with Gasteiger partial charge in [-0.25, -0.2) is 9.97 Å². The highest BCUT2D eigenvalue weighted by atomic mass is 16.5. The van der Waals surface area contributed by atoms with Gasteiger partial charge in [0.2, 0.25) is 5.95 Å². The molecular weight excluding hydrogens is 432 g/mol. The minimum atomic E-state index is -0.163. The Labute approximate surface area is 197 Å². The van der Waals surface area contributed by atoms with Gasteiger partial charge >= 0.3 is 0 Å². The Morgan fingerprint density at radius 1 is 1.24 bits per heavy atom. The van der Waals surface area contributed by atoms with Crippen LogP contribution in [0.5, 0.6) is 5.75 Å². The van der Waals surface area contributed by atoms with Gasteiger partial charge in [-0.15, -0.1) is 0 Å². The predicted molar refractivity (Wildman–Crippen MR) is 130 cm³/mol. The number of aromatic nitrogens is 5. The van der Waals surface area contributed by atoms with Gasteiger partial charge in [0.15, 0.2) is 0 Å². The number of hydrogen-bond donors (Lipinski definition) is 1. The van der Waals surface area contributed by atoms with Crippen molar-refractivity contribution in [3.8, 4) is 17.1 Å². The van der Waals surface area contributed by atoms with Gasteiger partial charge in [0.05, 0.1) is 26.3 Å². The molecule has 0 amide bonds. The number of anilines is 1. The lowest BCUT2D eigenvalue weighted by Crippen LogP contribution is -2.33. The molecule has 1 N–H and O–H groups in total. The molecule has 3 aromatic heterocycles. The molecule has 1 saturated heterocycles. The molecule has 0 radical (unpaired) electrons. The van der Waals surface area contributed by atoms with Crippen LogP contribution in [-0.2, 0) is 13.6 Å². The number of aliphatic hydroxyl groups is 1. The number of imidazole rings is 1. The first-order valence-corrected chi connectivity index (χ1v) is 11.4. The van der Waals surface area contributed by atoms with Gasteiger partial charge in [-0.05, 0) is 37.0 Å². The van der Waals surface area contributed by atoms with Crippen molar-refractivity contribution in [2.75, 3.05) is 25.2 Å². The molecule has 1 aliphatic heterocycles. The maximum absolute atomic E-state index is 13.4. The number of aliphatic hydroxyl groups excluding tert-OH is 1. The van der Waals surface area contributed by atoms with Gasteiger partial charge in [-0.3, -0.25) is 9.36 Å². The summed E-state index contributed by atoms with van der Waals surface area (Å²) in [6.45, 7) is 3.17. The van der Waals surface area contributed by atoms with Crippen molar-refractivity contribution in [3.63, 3.8) is 0 Å². The Bertz CT molecular complexity index is 1410. The van der Waals surface area contributed by atoms with E-state index in [-0.39, 0.29) is 18.2 Å². The monoisotopic (exact) mass is 460 g/mol. The van der Waals surface area contributed by atoms with Crippen LogP contribution in [0.15, 0.2) is 47.7 Å². The van der Waals surface area contributed by atoms with E-state index < -0.39 is 0 Å². The van der Waals surface area contributed by atoms with Crippen molar-refractivity contribution in [3.05, 3.63) is 64.3 Å². The number of aryl methyl sites for hydroxylation is 2. The average Bonchev–Trinajstić information content (AvgIpc) is 3.49. The van der Waals surface area contributed by atoms with Gasteiger partial charge in [0, 0.05) is 49.2 Å². The lowest BCUT2D eigenvalue weighted by atomic mass is 10.1. The zero-order valence-electron chi connectivity index (χ0n) is 19.6. The van der Waals surface area contributed by atoms with E-state index in [1.165, 1.54) is 0 Å². The molecule has 0 saturated carbocycles. The van der Waals surface area contributed by atoms with Crippen LogP contribution in [-0.4, -0.2) is 55.5 Å². The molecular formula is C25H28N6O3. The number of hydrogen-bond acceptors (Lipinski definition) is 7. The second-order valence-corrected chi connectivity index (χ2v) is 8.73. The molecule has 0 unspecified atom stereocenters. The second-order valence-electron chi connectivity index (χ2n) is 8.73. The topological polar surface area (TPSA) is 98.3 Å². The zero-order chi connectivity index (χ0) is 23.8. The molecule has 176 valence electrons. The van der Waals surface area contributed by atoms with Crippen LogP contribution < -0.4 is 15.2 Å². The van der Waals surface area contributed by atoms with Crippen LogP contribution in [0.3, 0.4) is 0 Å². The fourth-order valence-corrected chi connectivity index (χ4v) is 4.75. The van der Waals surface area contributed by atoms with Gasteiger partial charge in [0.25, 0.3) is 5.56 Å². The molecule has 1 atom stereocenters.